The molecule has 2 N–H and O–H groups in total. The second-order valence-electron chi connectivity index (χ2n) is 6.18. The molecule has 1 saturated heterocycles. The maximum atomic E-state index is 5.71. The molecule has 1 aromatic rings. The topological polar surface area (TPSA) is 66.5 Å². The van der Waals surface area contributed by atoms with Gasteiger partial charge in [-0.3, -0.25) is 0 Å². The molecule has 4 nitrogen and oxygen atoms in total. The summed E-state index contributed by atoms with van der Waals surface area (Å²) < 4.78 is 0. The third kappa shape index (κ3) is 5.25. The van der Waals surface area contributed by atoms with Gasteiger partial charge in [0.15, 0.2) is 0 Å². The number of hydrogen-bond acceptors (Lipinski definition) is 4. The zero-order chi connectivity index (χ0) is 13.2. The molecule has 0 radical (unpaired) electrons. The molecule has 0 amide bonds. The number of hydrogen-bond donors (Lipinski definition) is 0. The van der Waals surface area contributed by atoms with Gasteiger partial charge < -0.3 is 11.0 Å². The van der Waals surface area contributed by atoms with Crippen LogP contribution in [0.5, 0.6) is 0 Å². The minimum Gasteiger partial charge on any atom is -0.870 e. The second kappa shape index (κ2) is 7.79. The van der Waals surface area contributed by atoms with Crippen molar-refractivity contribution in [2.24, 2.45) is 0 Å². The fraction of sp³-hybridized carbons (Fsp3) is 0.600. The predicted molar refractivity (Wildman–Crippen MR) is 82.3 cm³/mol. The standard InChI is InChI=1S/C15H23BN2.2H2O/c1-15(2,3)18-10-8-17(9-11-18)12-13-4-6-14(16)7-5-13;;/h4-7H,8-12H2,1-3H3;2*1H2/q+2;;/p-2. The van der Waals surface area contributed by atoms with E-state index in [1.54, 1.807) is 0 Å². The smallest absolute Gasteiger partial charge is 0.870 e. The van der Waals surface area contributed by atoms with Crippen molar-refractivity contribution in [1.29, 1.82) is 0 Å². The first-order valence-electron chi connectivity index (χ1n) is 6.77. The average Bonchev–Trinajstić information content (AvgIpc) is 2.32. The quantitative estimate of drug-likeness (QED) is 0.757. The summed E-state index contributed by atoms with van der Waals surface area (Å²) in [5.41, 5.74) is 2.50. The Morgan fingerprint density at radius 3 is 1.90 bits per heavy atom. The van der Waals surface area contributed by atoms with E-state index < -0.39 is 0 Å². The first kappa shape index (κ1) is 19.1. The zero-order valence-electron chi connectivity index (χ0n) is 12.7. The van der Waals surface area contributed by atoms with Crippen molar-refractivity contribution in [3.63, 3.8) is 0 Å². The fourth-order valence-electron chi connectivity index (χ4n) is 2.46. The fourth-order valence-corrected chi connectivity index (χ4v) is 2.46. The number of piperazine rings is 1. The van der Waals surface area contributed by atoms with Crippen LogP contribution in [0.2, 0.25) is 0 Å². The Morgan fingerprint density at radius 2 is 1.45 bits per heavy atom. The van der Waals surface area contributed by atoms with E-state index in [1.165, 1.54) is 18.7 Å². The Bertz CT molecular complexity index is 382. The van der Waals surface area contributed by atoms with Crippen LogP contribution in [-0.4, -0.2) is 60.3 Å². The molecule has 2 rings (SSSR count). The van der Waals surface area contributed by atoms with E-state index in [9.17, 15) is 0 Å². The molecule has 110 valence electrons. The molecule has 0 saturated carbocycles. The van der Waals surface area contributed by atoms with Gasteiger partial charge in [0, 0.05) is 0 Å². The van der Waals surface area contributed by atoms with Crippen LogP contribution in [0.4, 0.5) is 0 Å². The summed E-state index contributed by atoms with van der Waals surface area (Å²) in [6.07, 6.45) is 0. The minimum absolute atomic E-state index is 0. The van der Waals surface area contributed by atoms with E-state index in [2.05, 4.69) is 42.7 Å². The SMILES string of the molecule is [B+2]c1ccc(CN2CCN(C(C)(C)C)CC2)cc1.[OH-].[OH-]. The Balaban J connectivity index is 0.00000180. The number of nitrogens with zero attached hydrogens (tertiary/aromatic N) is 2. The third-order valence-corrected chi connectivity index (χ3v) is 3.71. The van der Waals surface area contributed by atoms with Gasteiger partial charge in [0.2, 0.25) is 0 Å². The molecule has 0 bridgehead atoms. The molecule has 0 atom stereocenters. The molecule has 1 heterocycles. The van der Waals surface area contributed by atoms with E-state index >= 15 is 0 Å². The van der Waals surface area contributed by atoms with Gasteiger partial charge in [-0.15, -0.1) is 0 Å². The van der Waals surface area contributed by atoms with E-state index in [-0.39, 0.29) is 11.0 Å². The van der Waals surface area contributed by atoms with Crippen molar-refractivity contribution in [1.82, 2.24) is 9.80 Å². The van der Waals surface area contributed by atoms with Gasteiger partial charge in [-0.1, -0.05) is 0 Å². The monoisotopic (exact) mass is 276 g/mol. The van der Waals surface area contributed by atoms with Crippen molar-refractivity contribution in [3.8, 4) is 0 Å². The molecule has 0 unspecified atom stereocenters. The number of rotatable bonds is 2. The molecule has 1 aliphatic rings. The van der Waals surface area contributed by atoms with Gasteiger partial charge >= 0.3 is 112 Å². The molecule has 1 aromatic carbocycles. The maximum absolute atomic E-state index is 5.71. The van der Waals surface area contributed by atoms with Crippen LogP contribution in [0, 0.1) is 0 Å². The van der Waals surface area contributed by atoms with Crippen LogP contribution in [0.25, 0.3) is 0 Å². The van der Waals surface area contributed by atoms with Crippen LogP contribution in [0.3, 0.4) is 0 Å². The molecule has 0 aromatic heterocycles. The molecule has 0 spiro atoms. The molecular weight excluding hydrogens is 251 g/mol. The van der Waals surface area contributed by atoms with E-state index in [0.29, 0.717) is 5.54 Å². The summed E-state index contributed by atoms with van der Waals surface area (Å²) >= 11 is 0. The molecule has 5 heteroatoms. The van der Waals surface area contributed by atoms with Crippen molar-refractivity contribution >= 4 is 13.3 Å². The van der Waals surface area contributed by atoms with E-state index in [4.69, 9.17) is 7.85 Å². The van der Waals surface area contributed by atoms with Crippen LogP contribution in [0.1, 0.15) is 26.3 Å². The van der Waals surface area contributed by atoms with Gasteiger partial charge in [0.25, 0.3) is 0 Å². The largest absolute Gasteiger partial charge is 0.870 e. The minimum atomic E-state index is 0. The summed E-state index contributed by atoms with van der Waals surface area (Å²) in [7, 11) is 5.71. The van der Waals surface area contributed by atoms with Gasteiger partial charge in [-0.05, 0) is 0 Å². The third-order valence-electron chi connectivity index (χ3n) is 3.71. The van der Waals surface area contributed by atoms with Crippen molar-refractivity contribution in [3.05, 3.63) is 29.8 Å². The first-order valence-corrected chi connectivity index (χ1v) is 6.77. The Labute approximate surface area is 123 Å². The average molecular weight is 276 g/mol. The molecule has 0 aliphatic carbocycles. The van der Waals surface area contributed by atoms with Crippen molar-refractivity contribution < 1.29 is 11.0 Å². The molecule has 1 aliphatic heterocycles. The van der Waals surface area contributed by atoms with Crippen LogP contribution in [0.15, 0.2) is 24.3 Å². The van der Waals surface area contributed by atoms with E-state index in [0.717, 1.165) is 25.1 Å². The van der Waals surface area contributed by atoms with Gasteiger partial charge in [-0.2, -0.15) is 0 Å². The Morgan fingerprint density at radius 1 is 0.950 bits per heavy atom. The normalized spacial score (nSPS) is 17.2. The first-order chi connectivity index (χ1) is 8.45. The van der Waals surface area contributed by atoms with E-state index in [1.807, 2.05) is 12.1 Å². The maximum Gasteiger partial charge on any atom is -0.870 e. The van der Waals surface area contributed by atoms with Crippen molar-refractivity contribution in [2.75, 3.05) is 26.2 Å². The number of benzene rings is 1. The summed E-state index contributed by atoms with van der Waals surface area (Å²) in [6.45, 7) is 12.6. The van der Waals surface area contributed by atoms with Crippen LogP contribution >= 0.6 is 0 Å². The Hall–Kier alpha value is -0.875. The van der Waals surface area contributed by atoms with Gasteiger partial charge in [0.05, 0.1) is 0 Å². The summed E-state index contributed by atoms with van der Waals surface area (Å²) in [5.74, 6) is 0. The van der Waals surface area contributed by atoms with Crippen molar-refractivity contribution in [2.45, 2.75) is 32.9 Å². The summed E-state index contributed by atoms with van der Waals surface area (Å²) in [6, 6.07) is 8.23. The molecule has 20 heavy (non-hydrogen) atoms. The van der Waals surface area contributed by atoms with Crippen LogP contribution in [-0.2, 0) is 6.54 Å². The second-order valence-corrected chi connectivity index (χ2v) is 6.18. The Kier molecular flexibility index (Phi) is 7.45. The predicted octanol–water partition coefficient (Wildman–Crippen LogP) is 1.04. The van der Waals surface area contributed by atoms with Gasteiger partial charge in [0.1, 0.15) is 0 Å². The molecular formula is C15H25BN2O2. The summed E-state index contributed by atoms with van der Waals surface area (Å²) in [4.78, 5) is 5.08. The van der Waals surface area contributed by atoms with Gasteiger partial charge in [-0.25, -0.2) is 0 Å². The molecule has 1 fully saturated rings. The van der Waals surface area contributed by atoms with Crippen LogP contribution < -0.4 is 5.46 Å². The summed E-state index contributed by atoms with van der Waals surface area (Å²) in [5, 5.41) is 0. The zero-order valence-corrected chi connectivity index (χ0v) is 12.7.